The molecule has 0 spiro atoms. The molecule has 0 radical (unpaired) electrons. The van der Waals surface area contributed by atoms with Crippen LogP contribution in [0.25, 0.3) is 0 Å². The number of furan rings is 1. The molecular formula is C17H23N3O2. The fraction of sp³-hybridized carbons (Fsp3) is 0.353. The van der Waals surface area contributed by atoms with Gasteiger partial charge >= 0.3 is 0 Å². The van der Waals surface area contributed by atoms with Gasteiger partial charge in [-0.25, -0.2) is 0 Å². The summed E-state index contributed by atoms with van der Waals surface area (Å²) in [5, 5.41) is 2.94. The van der Waals surface area contributed by atoms with Crippen molar-refractivity contribution >= 4 is 17.3 Å². The third-order valence-corrected chi connectivity index (χ3v) is 3.50. The first-order chi connectivity index (χ1) is 10.5. The van der Waals surface area contributed by atoms with Crippen LogP contribution in [-0.4, -0.2) is 33.6 Å². The molecule has 0 aliphatic heterocycles. The van der Waals surface area contributed by atoms with Crippen LogP contribution in [0.2, 0.25) is 0 Å². The molecule has 0 saturated heterocycles. The molecule has 118 valence electrons. The first kappa shape index (κ1) is 15.9. The Kier molecular flexibility index (Phi) is 5.09. The smallest absolute Gasteiger partial charge is 0.240 e. The first-order valence-electron chi connectivity index (χ1n) is 7.29. The Morgan fingerprint density at radius 1 is 1.14 bits per heavy atom. The van der Waals surface area contributed by atoms with Gasteiger partial charge in [-0.3, -0.25) is 4.79 Å². The van der Waals surface area contributed by atoms with Gasteiger partial charge in [-0.05, 0) is 31.2 Å². The summed E-state index contributed by atoms with van der Waals surface area (Å²) in [4.78, 5) is 16.2. The molecule has 0 aliphatic carbocycles. The fourth-order valence-electron chi connectivity index (χ4n) is 2.36. The van der Waals surface area contributed by atoms with Crippen molar-refractivity contribution in [2.24, 2.45) is 0 Å². The molecule has 1 amide bonds. The van der Waals surface area contributed by atoms with Crippen LogP contribution in [0.3, 0.4) is 0 Å². The molecule has 0 aliphatic rings. The van der Waals surface area contributed by atoms with Crippen LogP contribution in [-0.2, 0) is 4.79 Å². The number of carbonyl (C=O) groups excluding carboxylic acids is 1. The number of amides is 1. The number of carbonyl (C=O) groups is 1. The average Bonchev–Trinajstić information content (AvgIpc) is 3.01. The zero-order valence-corrected chi connectivity index (χ0v) is 13.5. The summed E-state index contributed by atoms with van der Waals surface area (Å²) in [6.07, 6.45) is 1.61. The molecule has 1 heterocycles. The van der Waals surface area contributed by atoms with E-state index in [-0.39, 0.29) is 18.5 Å². The molecule has 0 fully saturated rings. The molecule has 0 saturated carbocycles. The van der Waals surface area contributed by atoms with Gasteiger partial charge in [-0.2, -0.15) is 0 Å². The maximum Gasteiger partial charge on any atom is 0.240 e. The molecule has 5 nitrogen and oxygen atoms in total. The van der Waals surface area contributed by atoms with E-state index in [0.29, 0.717) is 0 Å². The number of nitrogens with zero attached hydrogens (tertiary/aromatic N) is 2. The second-order valence-electron chi connectivity index (χ2n) is 5.54. The summed E-state index contributed by atoms with van der Waals surface area (Å²) < 4.78 is 5.30. The summed E-state index contributed by atoms with van der Waals surface area (Å²) in [5.74, 6) is 0.713. The molecule has 1 aromatic carbocycles. The lowest BCUT2D eigenvalue weighted by Crippen LogP contribution is -2.36. The number of rotatable bonds is 6. The fourth-order valence-corrected chi connectivity index (χ4v) is 2.36. The summed E-state index contributed by atoms with van der Waals surface area (Å²) in [6.45, 7) is 2.19. The zero-order valence-electron chi connectivity index (χ0n) is 13.5. The number of para-hydroxylation sites is 2. The number of anilines is 2. The van der Waals surface area contributed by atoms with Crippen molar-refractivity contribution in [1.82, 2.24) is 5.32 Å². The quantitative estimate of drug-likeness (QED) is 0.891. The highest BCUT2D eigenvalue weighted by atomic mass is 16.3. The zero-order chi connectivity index (χ0) is 16.1. The Morgan fingerprint density at radius 3 is 2.41 bits per heavy atom. The van der Waals surface area contributed by atoms with E-state index in [0.717, 1.165) is 17.1 Å². The van der Waals surface area contributed by atoms with E-state index in [4.69, 9.17) is 4.42 Å². The predicted molar refractivity (Wildman–Crippen MR) is 89.3 cm³/mol. The lowest BCUT2D eigenvalue weighted by atomic mass is 10.2. The predicted octanol–water partition coefficient (Wildman–Crippen LogP) is 2.66. The van der Waals surface area contributed by atoms with Gasteiger partial charge in [-0.1, -0.05) is 12.1 Å². The van der Waals surface area contributed by atoms with Gasteiger partial charge in [-0.15, -0.1) is 0 Å². The van der Waals surface area contributed by atoms with Gasteiger partial charge in [0.1, 0.15) is 5.76 Å². The molecule has 5 heteroatoms. The van der Waals surface area contributed by atoms with Gasteiger partial charge in [0.2, 0.25) is 5.91 Å². The Bertz CT molecular complexity index is 608. The van der Waals surface area contributed by atoms with E-state index in [9.17, 15) is 4.79 Å². The van der Waals surface area contributed by atoms with Crippen molar-refractivity contribution in [3.63, 3.8) is 0 Å². The number of nitrogens with one attached hydrogen (secondary N) is 1. The van der Waals surface area contributed by atoms with E-state index in [1.54, 1.807) is 6.26 Å². The van der Waals surface area contributed by atoms with Gasteiger partial charge in [0, 0.05) is 21.1 Å². The maximum atomic E-state index is 12.2. The van der Waals surface area contributed by atoms with E-state index in [1.807, 2.05) is 74.3 Å². The van der Waals surface area contributed by atoms with Gasteiger partial charge in [0.25, 0.3) is 0 Å². The third-order valence-electron chi connectivity index (χ3n) is 3.50. The van der Waals surface area contributed by atoms with Crippen LogP contribution in [0.1, 0.15) is 18.7 Å². The number of hydrogen-bond acceptors (Lipinski definition) is 4. The first-order valence-corrected chi connectivity index (χ1v) is 7.29. The molecule has 2 aromatic rings. The molecule has 1 N–H and O–H groups in total. The number of benzene rings is 1. The van der Waals surface area contributed by atoms with Crippen LogP contribution in [0, 0.1) is 0 Å². The normalized spacial score (nSPS) is 11.8. The standard InChI is InChI=1S/C17H23N3O2/c1-13(16-10-7-11-22-16)18-17(21)12-20(4)15-9-6-5-8-14(15)19(2)3/h5-11,13H,12H2,1-4H3,(H,18,21). The minimum atomic E-state index is -0.139. The van der Waals surface area contributed by atoms with Crippen molar-refractivity contribution in [3.05, 3.63) is 48.4 Å². The lowest BCUT2D eigenvalue weighted by molar-refractivity contribution is -0.120. The highest BCUT2D eigenvalue weighted by molar-refractivity contribution is 5.83. The van der Waals surface area contributed by atoms with Crippen molar-refractivity contribution in [2.45, 2.75) is 13.0 Å². The van der Waals surface area contributed by atoms with Crippen molar-refractivity contribution in [2.75, 3.05) is 37.5 Å². The second kappa shape index (κ2) is 7.02. The van der Waals surface area contributed by atoms with Crippen LogP contribution in [0.4, 0.5) is 11.4 Å². The molecule has 2 rings (SSSR count). The van der Waals surface area contributed by atoms with Gasteiger partial charge < -0.3 is 19.5 Å². The summed E-state index contributed by atoms with van der Waals surface area (Å²) in [5.41, 5.74) is 2.10. The number of likely N-dealkylation sites (N-methyl/N-ethyl adjacent to an activating group) is 1. The van der Waals surface area contributed by atoms with E-state index < -0.39 is 0 Å². The highest BCUT2D eigenvalue weighted by Gasteiger charge is 2.15. The molecular weight excluding hydrogens is 278 g/mol. The minimum absolute atomic E-state index is 0.0417. The third kappa shape index (κ3) is 3.81. The summed E-state index contributed by atoms with van der Waals surface area (Å²) in [7, 11) is 5.90. The molecule has 0 bridgehead atoms. The van der Waals surface area contributed by atoms with Gasteiger partial charge in [0.15, 0.2) is 0 Å². The Labute approximate surface area is 131 Å². The molecule has 22 heavy (non-hydrogen) atoms. The van der Waals surface area contributed by atoms with E-state index in [1.165, 1.54) is 0 Å². The Morgan fingerprint density at radius 2 is 1.82 bits per heavy atom. The van der Waals surface area contributed by atoms with Crippen LogP contribution in [0.15, 0.2) is 47.1 Å². The Balaban J connectivity index is 2.00. The van der Waals surface area contributed by atoms with E-state index >= 15 is 0 Å². The monoisotopic (exact) mass is 301 g/mol. The highest BCUT2D eigenvalue weighted by Crippen LogP contribution is 2.26. The molecule has 1 aromatic heterocycles. The van der Waals surface area contributed by atoms with Crippen molar-refractivity contribution in [3.8, 4) is 0 Å². The van der Waals surface area contributed by atoms with E-state index in [2.05, 4.69) is 5.32 Å². The summed E-state index contributed by atoms with van der Waals surface area (Å²) >= 11 is 0. The maximum absolute atomic E-state index is 12.2. The minimum Gasteiger partial charge on any atom is -0.467 e. The van der Waals surface area contributed by atoms with Crippen LogP contribution in [0.5, 0.6) is 0 Å². The lowest BCUT2D eigenvalue weighted by Gasteiger charge is -2.25. The molecule has 1 unspecified atom stereocenters. The van der Waals surface area contributed by atoms with Crippen molar-refractivity contribution < 1.29 is 9.21 Å². The summed E-state index contributed by atoms with van der Waals surface area (Å²) in [6, 6.07) is 11.6. The topological polar surface area (TPSA) is 48.7 Å². The van der Waals surface area contributed by atoms with Crippen LogP contribution < -0.4 is 15.1 Å². The Hall–Kier alpha value is -2.43. The molecule has 1 atom stereocenters. The SMILES string of the molecule is CC(NC(=O)CN(C)c1ccccc1N(C)C)c1ccco1. The van der Waals surface area contributed by atoms with Crippen LogP contribution >= 0.6 is 0 Å². The van der Waals surface area contributed by atoms with Crippen molar-refractivity contribution in [1.29, 1.82) is 0 Å². The number of hydrogen-bond donors (Lipinski definition) is 1. The largest absolute Gasteiger partial charge is 0.467 e. The van der Waals surface area contributed by atoms with Gasteiger partial charge in [0.05, 0.1) is 30.2 Å². The second-order valence-corrected chi connectivity index (χ2v) is 5.54. The average molecular weight is 301 g/mol.